The predicted molar refractivity (Wildman–Crippen MR) is 170 cm³/mol. The second kappa shape index (κ2) is 12.1. The van der Waals surface area contributed by atoms with Crippen LogP contribution in [0.1, 0.15) is 71.3 Å². The van der Waals surface area contributed by atoms with Crippen LogP contribution in [0.3, 0.4) is 0 Å². The third-order valence-electron chi connectivity index (χ3n) is 8.60. The summed E-state index contributed by atoms with van der Waals surface area (Å²) < 4.78 is 12.2. The number of rotatable bonds is 9. The number of ketones is 2. The number of hydrogen-bond donors (Lipinski definition) is 0. The first kappa shape index (κ1) is 32.5. The van der Waals surface area contributed by atoms with E-state index < -0.39 is 27.1 Å². The molecule has 0 fully saturated rings. The fourth-order valence-electron chi connectivity index (χ4n) is 6.80. The smallest absolute Gasteiger partial charge is 0.318 e. The Morgan fingerprint density at radius 1 is 0.867 bits per heavy atom. The maximum absolute atomic E-state index is 14.2. The summed E-state index contributed by atoms with van der Waals surface area (Å²) in [6.07, 6.45) is 2.55. The lowest BCUT2D eigenvalue weighted by Gasteiger charge is -2.49. The number of halogens is 1. The van der Waals surface area contributed by atoms with Gasteiger partial charge >= 0.3 is 5.69 Å². The molecule has 0 spiro atoms. The topological polar surface area (TPSA) is 142 Å². The lowest BCUT2D eigenvalue weighted by atomic mass is 9.63. The summed E-state index contributed by atoms with van der Waals surface area (Å²) in [5, 5.41) is 23.3. The number of allylic oxidation sites excluding steroid dienone is 4. The molecule has 5 rings (SSSR count). The molecule has 0 N–H and O–H groups in total. The van der Waals surface area contributed by atoms with E-state index in [0.29, 0.717) is 66.4 Å². The van der Waals surface area contributed by atoms with Gasteiger partial charge in [-0.1, -0.05) is 43.6 Å². The summed E-state index contributed by atoms with van der Waals surface area (Å²) in [6.45, 7) is 9.38. The summed E-state index contributed by atoms with van der Waals surface area (Å²) in [7, 11) is 1.65. The zero-order chi connectivity index (χ0) is 32.8. The number of ether oxygens (including phenoxy) is 2. The number of nitrogens with zero attached hydrogens (tertiary/aromatic N) is 3. The van der Waals surface area contributed by atoms with Crippen LogP contribution in [0.25, 0.3) is 0 Å². The van der Waals surface area contributed by atoms with Crippen molar-refractivity contribution < 1.29 is 28.9 Å². The first-order valence-corrected chi connectivity index (χ1v) is 15.6. The van der Waals surface area contributed by atoms with Crippen molar-refractivity contribution in [3.8, 4) is 11.5 Å². The van der Waals surface area contributed by atoms with Crippen LogP contribution in [-0.2, 0) is 14.3 Å². The molecule has 2 aromatic carbocycles. The monoisotopic (exact) mass is 681 g/mol. The van der Waals surface area contributed by atoms with Crippen LogP contribution < -0.4 is 4.74 Å². The molecule has 238 valence electrons. The average molecular weight is 683 g/mol. The van der Waals surface area contributed by atoms with Gasteiger partial charge in [-0.3, -0.25) is 29.8 Å². The largest absolute Gasteiger partial charge is 0.450 e. The Morgan fingerprint density at radius 2 is 1.44 bits per heavy atom. The Balaban J connectivity index is 1.75. The van der Waals surface area contributed by atoms with Gasteiger partial charge in [0.2, 0.25) is 5.75 Å². The van der Waals surface area contributed by atoms with E-state index in [4.69, 9.17) is 9.47 Å². The number of non-ortho nitro benzene ring substituents is 1. The molecular formula is C33H36BrN3O8. The molecule has 0 saturated carbocycles. The average Bonchev–Trinajstić information content (AvgIpc) is 2.93. The molecule has 0 radical (unpaired) electrons. The van der Waals surface area contributed by atoms with Crippen molar-refractivity contribution in [2.75, 3.05) is 20.3 Å². The number of nitro benzene ring substituents is 2. The van der Waals surface area contributed by atoms with E-state index in [1.165, 1.54) is 6.07 Å². The predicted octanol–water partition coefficient (Wildman–Crippen LogP) is 7.78. The molecule has 2 aliphatic carbocycles. The summed E-state index contributed by atoms with van der Waals surface area (Å²) in [6, 6.07) is 8.31. The minimum Gasteiger partial charge on any atom is -0.450 e. The van der Waals surface area contributed by atoms with Crippen molar-refractivity contribution in [2.24, 2.45) is 10.8 Å². The molecule has 0 saturated heterocycles. The van der Waals surface area contributed by atoms with Gasteiger partial charge in [-0.2, -0.15) is 0 Å². The van der Waals surface area contributed by atoms with E-state index in [0.717, 1.165) is 23.5 Å². The molecule has 0 unspecified atom stereocenters. The second-order valence-electron chi connectivity index (χ2n) is 13.5. The van der Waals surface area contributed by atoms with Crippen molar-refractivity contribution in [1.82, 2.24) is 4.90 Å². The first-order valence-electron chi connectivity index (χ1n) is 14.8. The molecule has 0 atom stereocenters. The van der Waals surface area contributed by atoms with Crippen LogP contribution in [-0.4, -0.2) is 46.6 Å². The Labute approximate surface area is 269 Å². The number of methoxy groups -OCH3 is 1. The third kappa shape index (κ3) is 6.44. The van der Waals surface area contributed by atoms with Gasteiger partial charge in [0.15, 0.2) is 11.6 Å². The molecule has 11 nitrogen and oxygen atoms in total. The van der Waals surface area contributed by atoms with Crippen molar-refractivity contribution in [3.05, 3.63) is 89.2 Å². The lowest BCUT2D eigenvalue weighted by molar-refractivity contribution is -0.394. The molecule has 3 aliphatic rings. The van der Waals surface area contributed by atoms with Crippen LogP contribution in [0.4, 0.5) is 11.4 Å². The van der Waals surface area contributed by atoms with E-state index in [2.05, 4.69) is 48.5 Å². The SMILES string of the molecule is COCCCN1C2=C(C(=O)CC(C)(C)C2)C(c2cc(Br)ccc2Oc2ccc([N+](=O)[O-])cc2[N+](=O)[O-])C2=C1CC(C)(C)CC2=O. The van der Waals surface area contributed by atoms with Gasteiger partial charge in [0.25, 0.3) is 5.69 Å². The lowest BCUT2D eigenvalue weighted by Crippen LogP contribution is -2.44. The second-order valence-corrected chi connectivity index (χ2v) is 14.4. The normalized spacial score (nSPS) is 19.4. The van der Waals surface area contributed by atoms with Crippen molar-refractivity contribution in [3.63, 3.8) is 0 Å². The number of hydrogen-bond acceptors (Lipinski definition) is 9. The number of benzene rings is 2. The van der Waals surface area contributed by atoms with Crippen molar-refractivity contribution >= 4 is 38.9 Å². The molecule has 12 heteroatoms. The molecule has 1 aliphatic heterocycles. The fourth-order valence-corrected chi connectivity index (χ4v) is 7.18. The van der Waals surface area contributed by atoms with Crippen molar-refractivity contribution in [2.45, 2.75) is 65.7 Å². The van der Waals surface area contributed by atoms with E-state index in [-0.39, 0.29) is 33.9 Å². The molecule has 0 aromatic heterocycles. The van der Waals surface area contributed by atoms with Crippen LogP contribution >= 0.6 is 15.9 Å². The van der Waals surface area contributed by atoms with Gasteiger partial charge in [0, 0.05) is 77.7 Å². The Bertz CT molecular complexity index is 1620. The summed E-state index contributed by atoms with van der Waals surface area (Å²) in [5.41, 5.74) is 1.74. The van der Waals surface area contributed by atoms with Gasteiger partial charge in [-0.15, -0.1) is 0 Å². The quantitative estimate of drug-likeness (QED) is 0.147. The minimum atomic E-state index is -0.759. The van der Waals surface area contributed by atoms with Crippen LogP contribution in [0, 0.1) is 31.1 Å². The van der Waals surface area contributed by atoms with E-state index in [1.54, 1.807) is 25.3 Å². The zero-order valence-corrected chi connectivity index (χ0v) is 27.6. The minimum absolute atomic E-state index is 0.0561. The van der Waals surface area contributed by atoms with Gasteiger partial charge in [-0.05, 0) is 54.4 Å². The van der Waals surface area contributed by atoms with E-state index in [9.17, 15) is 29.8 Å². The standard InChI is InChI=1S/C33H36BrN3O8/c1-32(2)15-23-30(25(38)17-32)29(31-24(35(23)11-6-12-44-5)16-33(3,4)18-26(31)39)21-13-19(34)7-9-27(21)45-28-10-8-20(36(40)41)14-22(28)37(42)43/h7-10,13-14,29H,6,11-12,15-18H2,1-5H3. The van der Waals surface area contributed by atoms with Gasteiger partial charge in [0.1, 0.15) is 5.75 Å². The highest BCUT2D eigenvalue weighted by Gasteiger charge is 2.49. The Hall–Kier alpha value is -3.90. The molecule has 45 heavy (non-hydrogen) atoms. The van der Waals surface area contributed by atoms with Crippen LogP contribution in [0.5, 0.6) is 11.5 Å². The Morgan fingerprint density at radius 3 is 1.98 bits per heavy atom. The molecule has 0 bridgehead atoms. The summed E-state index contributed by atoms with van der Waals surface area (Å²) in [5.74, 6) is -0.854. The number of carbonyl (C=O) groups excluding carboxylic acids is 2. The highest BCUT2D eigenvalue weighted by molar-refractivity contribution is 9.10. The maximum Gasteiger partial charge on any atom is 0.318 e. The van der Waals surface area contributed by atoms with Gasteiger partial charge in [0.05, 0.1) is 15.9 Å². The first-order chi connectivity index (χ1) is 21.1. The fraction of sp³-hybridized carbons (Fsp3) is 0.455. The third-order valence-corrected chi connectivity index (χ3v) is 9.10. The number of nitro groups is 2. The van der Waals surface area contributed by atoms with E-state index >= 15 is 0 Å². The van der Waals surface area contributed by atoms with Crippen LogP contribution in [0.2, 0.25) is 0 Å². The summed E-state index contributed by atoms with van der Waals surface area (Å²) in [4.78, 5) is 52.3. The van der Waals surface area contributed by atoms with Crippen molar-refractivity contribution in [1.29, 1.82) is 0 Å². The summed E-state index contributed by atoms with van der Waals surface area (Å²) >= 11 is 3.54. The number of carbonyl (C=O) groups is 2. The molecule has 2 aromatic rings. The van der Waals surface area contributed by atoms with Gasteiger partial charge in [-0.25, -0.2) is 0 Å². The highest BCUT2D eigenvalue weighted by atomic mass is 79.9. The maximum atomic E-state index is 14.2. The molecular weight excluding hydrogens is 646 g/mol. The zero-order valence-electron chi connectivity index (χ0n) is 26.0. The molecule has 0 amide bonds. The van der Waals surface area contributed by atoms with Crippen LogP contribution in [0.15, 0.2) is 63.4 Å². The van der Waals surface area contributed by atoms with E-state index in [1.807, 2.05) is 0 Å². The Kier molecular flexibility index (Phi) is 8.76. The van der Waals surface area contributed by atoms with Gasteiger partial charge < -0.3 is 14.4 Å². The number of Topliss-reactive ketones (excluding diaryl/α,β-unsaturated/α-hetero) is 2. The highest BCUT2D eigenvalue weighted by Crippen LogP contribution is 2.56. The molecule has 1 heterocycles.